The Morgan fingerprint density at radius 1 is 1.24 bits per heavy atom. The third-order valence-electron chi connectivity index (χ3n) is 4.66. The van der Waals surface area contributed by atoms with Crippen molar-refractivity contribution >= 4 is 17.3 Å². The molecule has 0 spiro atoms. The lowest BCUT2D eigenvalue weighted by Gasteiger charge is -2.10. The highest BCUT2D eigenvalue weighted by atomic mass is 16.2. The fourth-order valence-electron chi connectivity index (χ4n) is 3.24. The van der Waals surface area contributed by atoms with Gasteiger partial charge < -0.3 is 10.6 Å². The van der Waals surface area contributed by atoms with Crippen molar-refractivity contribution in [3.05, 3.63) is 35.9 Å². The lowest BCUT2D eigenvalue weighted by atomic mass is 10.1. The van der Waals surface area contributed by atoms with Crippen LogP contribution in [-0.4, -0.2) is 33.8 Å². The molecule has 0 bridgehead atoms. The number of hydrogen-bond donors (Lipinski definition) is 2. The second kappa shape index (κ2) is 7.68. The molecule has 0 radical (unpaired) electrons. The fourth-order valence-corrected chi connectivity index (χ4v) is 3.24. The third-order valence-corrected chi connectivity index (χ3v) is 4.66. The van der Waals surface area contributed by atoms with Crippen molar-refractivity contribution in [2.75, 3.05) is 6.54 Å². The van der Waals surface area contributed by atoms with E-state index in [0.29, 0.717) is 23.7 Å². The summed E-state index contributed by atoms with van der Waals surface area (Å²) in [6.45, 7) is 4.83. The standard InChI is InChI=1S/C19H26N4O2/c1-13(2)10-11-20-19(25)17-22-16(15-9-5-6-12-23(15)17)18(24)21-14-7-3-4-8-14/h5-6,9,12-14H,3-4,7-8,10-11H2,1-2H3,(H,20,25)(H,21,24). The van der Waals surface area contributed by atoms with Gasteiger partial charge in [-0.05, 0) is 37.3 Å². The van der Waals surface area contributed by atoms with Crippen molar-refractivity contribution in [2.45, 2.75) is 52.0 Å². The molecule has 1 aliphatic rings. The first-order valence-corrected chi connectivity index (χ1v) is 9.12. The minimum atomic E-state index is -0.248. The molecule has 1 fully saturated rings. The van der Waals surface area contributed by atoms with Crippen LogP contribution in [0.2, 0.25) is 0 Å². The number of fused-ring (bicyclic) bond motifs is 1. The van der Waals surface area contributed by atoms with E-state index in [1.165, 1.54) is 0 Å². The van der Waals surface area contributed by atoms with Crippen LogP contribution < -0.4 is 10.6 Å². The van der Waals surface area contributed by atoms with Crippen LogP contribution in [0.5, 0.6) is 0 Å². The molecule has 1 aliphatic carbocycles. The Morgan fingerprint density at radius 2 is 2.00 bits per heavy atom. The lowest BCUT2D eigenvalue weighted by Crippen LogP contribution is -2.33. The predicted octanol–water partition coefficient (Wildman–Crippen LogP) is 2.78. The van der Waals surface area contributed by atoms with E-state index < -0.39 is 0 Å². The van der Waals surface area contributed by atoms with E-state index in [1.807, 2.05) is 18.2 Å². The predicted molar refractivity (Wildman–Crippen MR) is 96.7 cm³/mol. The van der Waals surface area contributed by atoms with Gasteiger partial charge in [0.2, 0.25) is 5.82 Å². The van der Waals surface area contributed by atoms with Gasteiger partial charge in [0, 0.05) is 18.8 Å². The Hall–Kier alpha value is -2.37. The van der Waals surface area contributed by atoms with Crippen LogP contribution in [0.4, 0.5) is 0 Å². The Morgan fingerprint density at radius 3 is 2.72 bits per heavy atom. The van der Waals surface area contributed by atoms with Crippen molar-refractivity contribution in [1.29, 1.82) is 0 Å². The summed E-state index contributed by atoms with van der Waals surface area (Å²) < 4.78 is 1.69. The van der Waals surface area contributed by atoms with E-state index in [0.717, 1.165) is 32.1 Å². The molecule has 0 saturated heterocycles. The highest BCUT2D eigenvalue weighted by Crippen LogP contribution is 2.19. The van der Waals surface area contributed by atoms with E-state index >= 15 is 0 Å². The highest BCUT2D eigenvalue weighted by Gasteiger charge is 2.24. The molecule has 6 heteroatoms. The number of carbonyl (C=O) groups excluding carboxylic acids is 2. The Balaban J connectivity index is 1.82. The number of pyridine rings is 1. The molecule has 1 saturated carbocycles. The SMILES string of the molecule is CC(C)CCNC(=O)c1nc(C(=O)NC2CCCC2)c2ccccn12. The van der Waals surface area contributed by atoms with Gasteiger partial charge in [-0.1, -0.05) is 32.8 Å². The fraction of sp³-hybridized carbons (Fsp3) is 0.526. The maximum atomic E-state index is 12.6. The molecular formula is C19H26N4O2. The molecule has 2 amide bonds. The number of nitrogens with one attached hydrogen (secondary N) is 2. The van der Waals surface area contributed by atoms with Gasteiger partial charge in [0.05, 0.1) is 5.52 Å². The van der Waals surface area contributed by atoms with Crippen LogP contribution >= 0.6 is 0 Å². The Bertz CT molecular complexity index is 760. The topological polar surface area (TPSA) is 75.5 Å². The quantitative estimate of drug-likeness (QED) is 0.847. The first kappa shape index (κ1) is 17.5. The maximum absolute atomic E-state index is 12.6. The van der Waals surface area contributed by atoms with Crippen LogP contribution in [0.3, 0.4) is 0 Å². The average Bonchev–Trinajstić information content (AvgIpc) is 3.21. The normalized spacial score (nSPS) is 15.0. The minimum Gasteiger partial charge on any atom is -0.349 e. The van der Waals surface area contributed by atoms with Crippen LogP contribution in [0.1, 0.15) is 67.1 Å². The second-order valence-corrected chi connectivity index (χ2v) is 7.13. The van der Waals surface area contributed by atoms with Crippen molar-refractivity contribution in [3.63, 3.8) is 0 Å². The van der Waals surface area contributed by atoms with Gasteiger partial charge in [-0.25, -0.2) is 4.98 Å². The Labute approximate surface area is 148 Å². The molecule has 3 rings (SSSR count). The van der Waals surface area contributed by atoms with E-state index in [1.54, 1.807) is 10.6 Å². The maximum Gasteiger partial charge on any atom is 0.287 e. The minimum absolute atomic E-state index is 0.197. The van der Waals surface area contributed by atoms with Crippen LogP contribution in [0, 0.1) is 5.92 Å². The highest BCUT2D eigenvalue weighted by molar-refractivity contribution is 6.02. The van der Waals surface area contributed by atoms with Gasteiger partial charge in [-0.15, -0.1) is 0 Å². The zero-order chi connectivity index (χ0) is 17.8. The van der Waals surface area contributed by atoms with Gasteiger partial charge >= 0.3 is 0 Å². The summed E-state index contributed by atoms with van der Waals surface area (Å²) in [5.74, 6) is 0.333. The average molecular weight is 342 g/mol. The lowest BCUT2D eigenvalue weighted by molar-refractivity contribution is 0.0935. The van der Waals surface area contributed by atoms with Gasteiger partial charge in [-0.3, -0.25) is 14.0 Å². The van der Waals surface area contributed by atoms with Crippen LogP contribution in [0.15, 0.2) is 24.4 Å². The second-order valence-electron chi connectivity index (χ2n) is 7.13. The summed E-state index contributed by atoms with van der Waals surface area (Å²) in [5, 5.41) is 5.95. The number of rotatable bonds is 6. The summed E-state index contributed by atoms with van der Waals surface area (Å²) in [4.78, 5) is 29.5. The van der Waals surface area contributed by atoms with Crippen LogP contribution in [0.25, 0.3) is 5.52 Å². The molecule has 2 aromatic heterocycles. The van der Waals surface area contributed by atoms with Gasteiger partial charge in [0.15, 0.2) is 5.69 Å². The molecule has 6 nitrogen and oxygen atoms in total. The Kier molecular flexibility index (Phi) is 5.36. The van der Waals surface area contributed by atoms with Crippen molar-refractivity contribution in [3.8, 4) is 0 Å². The molecular weight excluding hydrogens is 316 g/mol. The summed E-state index contributed by atoms with van der Waals surface area (Å²) in [6, 6.07) is 5.72. The van der Waals surface area contributed by atoms with Gasteiger partial charge in [0.25, 0.3) is 11.8 Å². The van der Waals surface area contributed by atoms with Gasteiger partial charge in [0.1, 0.15) is 0 Å². The molecule has 25 heavy (non-hydrogen) atoms. The van der Waals surface area contributed by atoms with E-state index in [4.69, 9.17) is 0 Å². The van der Waals surface area contributed by atoms with Crippen molar-refractivity contribution in [2.24, 2.45) is 5.92 Å². The van der Waals surface area contributed by atoms with Crippen molar-refractivity contribution in [1.82, 2.24) is 20.0 Å². The van der Waals surface area contributed by atoms with Gasteiger partial charge in [-0.2, -0.15) is 0 Å². The zero-order valence-corrected chi connectivity index (χ0v) is 14.9. The molecule has 0 unspecified atom stereocenters. The molecule has 2 heterocycles. The number of hydrogen-bond acceptors (Lipinski definition) is 3. The number of carbonyl (C=O) groups is 2. The molecule has 0 aliphatic heterocycles. The number of amides is 2. The van der Waals surface area contributed by atoms with E-state index in [9.17, 15) is 9.59 Å². The molecule has 0 atom stereocenters. The summed E-state index contributed by atoms with van der Waals surface area (Å²) in [7, 11) is 0. The monoisotopic (exact) mass is 342 g/mol. The third kappa shape index (κ3) is 4.00. The number of nitrogens with zero attached hydrogens (tertiary/aromatic N) is 2. The molecule has 0 aromatic carbocycles. The molecule has 2 N–H and O–H groups in total. The molecule has 134 valence electrons. The smallest absolute Gasteiger partial charge is 0.287 e. The first-order chi connectivity index (χ1) is 12.1. The molecule has 2 aromatic rings. The first-order valence-electron chi connectivity index (χ1n) is 9.12. The summed E-state index contributed by atoms with van der Waals surface area (Å²) >= 11 is 0. The summed E-state index contributed by atoms with van der Waals surface area (Å²) in [5.41, 5.74) is 0.980. The largest absolute Gasteiger partial charge is 0.349 e. The van der Waals surface area contributed by atoms with Crippen molar-refractivity contribution < 1.29 is 9.59 Å². The number of aromatic nitrogens is 2. The van der Waals surface area contributed by atoms with E-state index in [2.05, 4.69) is 29.5 Å². The van der Waals surface area contributed by atoms with E-state index in [-0.39, 0.29) is 23.7 Å². The zero-order valence-electron chi connectivity index (χ0n) is 14.9. The van der Waals surface area contributed by atoms with Crippen LogP contribution in [-0.2, 0) is 0 Å². The summed E-state index contributed by atoms with van der Waals surface area (Å²) in [6.07, 6.45) is 7.01. The number of imidazole rings is 1.